The van der Waals surface area contributed by atoms with Crippen molar-refractivity contribution in [3.8, 4) is 6.07 Å². The first-order chi connectivity index (χ1) is 9.38. The van der Waals surface area contributed by atoms with Crippen LogP contribution in [-0.2, 0) is 13.0 Å². The fourth-order valence-electron chi connectivity index (χ4n) is 2.83. The van der Waals surface area contributed by atoms with Crippen LogP contribution in [0.5, 0.6) is 0 Å². The van der Waals surface area contributed by atoms with E-state index in [4.69, 9.17) is 5.26 Å². The minimum Gasteiger partial charge on any atom is -0.326 e. The molecule has 0 unspecified atom stereocenters. The minimum atomic E-state index is 0.384. The first-order valence-electron chi connectivity index (χ1n) is 6.92. The van der Waals surface area contributed by atoms with Gasteiger partial charge in [0.05, 0.1) is 23.5 Å². The first kappa shape index (κ1) is 12.2. The Morgan fingerprint density at radius 2 is 1.95 bits per heavy atom. The highest BCUT2D eigenvalue weighted by Gasteiger charge is 2.14. The molecule has 0 aliphatic carbocycles. The van der Waals surface area contributed by atoms with Crippen molar-refractivity contribution in [3.63, 3.8) is 0 Å². The number of fused-ring (bicyclic) bond motifs is 1. The number of aromatic nitrogens is 2. The average molecular weight is 254 g/mol. The second-order valence-electron chi connectivity index (χ2n) is 5.05. The molecule has 0 atom stereocenters. The van der Waals surface area contributed by atoms with Gasteiger partial charge in [-0.25, -0.2) is 4.98 Å². The van der Waals surface area contributed by atoms with Crippen molar-refractivity contribution >= 4 is 11.0 Å². The molecule has 0 spiro atoms. The monoisotopic (exact) mass is 254 g/mol. The van der Waals surface area contributed by atoms with E-state index in [-0.39, 0.29) is 0 Å². The van der Waals surface area contributed by atoms with Crippen LogP contribution < -0.4 is 0 Å². The predicted octanol–water partition coefficient (Wildman–Crippen LogP) is 2.20. The molecule has 2 heterocycles. The molecule has 0 amide bonds. The number of rotatable bonds is 4. The third kappa shape index (κ3) is 2.47. The molecule has 3 rings (SSSR count). The highest BCUT2D eigenvalue weighted by atomic mass is 15.2. The second-order valence-corrected chi connectivity index (χ2v) is 5.05. The molecule has 0 saturated carbocycles. The summed E-state index contributed by atoms with van der Waals surface area (Å²) in [5, 5.41) is 8.94. The molecular weight excluding hydrogens is 236 g/mol. The minimum absolute atomic E-state index is 0.384. The van der Waals surface area contributed by atoms with E-state index in [1.165, 1.54) is 25.9 Å². The van der Waals surface area contributed by atoms with Crippen molar-refractivity contribution in [3.05, 3.63) is 30.1 Å². The molecule has 4 heteroatoms. The molecule has 0 N–H and O–H groups in total. The van der Waals surface area contributed by atoms with Gasteiger partial charge in [-0.3, -0.25) is 0 Å². The summed E-state index contributed by atoms with van der Waals surface area (Å²) >= 11 is 0. The summed E-state index contributed by atoms with van der Waals surface area (Å²) < 4.78 is 2.21. The smallest absolute Gasteiger partial charge is 0.124 e. The van der Waals surface area contributed by atoms with Gasteiger partial charge in [0, 0.05) is 13.1 Å². The lowest BCUT2D eigenvalue weighted by Gasteiger charge is -2.16. The molecule has 0 radical (unpaired) electrons. The van der Waals surface area contributed by atoms with E-state index in [0.717, 1.165) is 29.9 Å². The van der Waals surface area contributed by atoms with Gasteiger partial charge in [-0.1, -0.05) is 12.1 Å². The third-order valence-electron chi connectivity index (χ3n) is 3.81. The van der Waals surface area contributed by atoms with Crippen LogP contribution in [0.3, 0.4) is 0 Å². The quantitative estimate of drug-likeness (QED) is 0.840. The van der Waals surface area contributed by atoms with Crippen LogP contribution in [0.25, 0.3) is 11.0 Å². The van der Waals surface area contributed by atoms with Gasteiger partial charge in [0.2, 0.25) is 0 Å². The normalized spacial score (nSPS) is 15.9. The van der Waals surface area contributed by atoms with Crippen LogP contribution in [-0.4, -0.2) is 34.1 Å². The molecule has 1 saturated heterocycles. The largest absolute Gasteiger partial charge is 0.326 e. The van der Waals surface area contributed by atoms with E-state index in [0.29, 0.717) is 6.42 Å². The Bertz CT molecular complexity index is 602. The summed E-state index contributed by atoms with van der Waals surface area (Å²) in [4.78, 5) is 7.06. The van der Waals surface area contributed by atoms with Crippen molar-refractivity contribution in [2.75, 3.05) is 19.6 Å². The summed E-state index contributed by atoms with van der Waals surface area (Å²) in [6.45, 7) is 4.40. The highest BCUT2D eigenvalue weighted by Crippen LogP contribution is 2.17. The van der Waals surface area contributed by atoms with Gasteiger partial charge in [-0.05, 0) is 38.1 Å². The molecule has 1 fully saturated rings. The molecule has 1 aliphatic rings. The molecule has 1 aromatic heterocycles. The van der Waals surface area contributed by atoms with Gasteiger partial charge in [0.25, 0.3) is 0 Å². The van der Waals surface area contributed by atoms with E-state index < -0.39 is 0 Å². The van der Waals surface area contributed by atoms with Gasteiger partial charge in [0.15, 0.2) is 0 Å². The van der Waals surface area contributed by atoms with Crippen molar-refractivity contribution in [2.45, 2.75) is 25.8 Å². The Hall–Kier alpha value is -1.86. The summed E-state index contributed by atoms with van der Waals surface area (Å²) in [5.41, 5.74) is 2.14. The highest BCUT2D eigenvalue weighted by molar-refractivity contribution is 5.75. The third-order valence-corrected chi connectivity index (χ3v) is 3.81. The number of likely N-dealkylation sites (tertiary alicyclic amines) is 1. The van der Waals surface area contributed by atoms with E-state index in [2.05, 4.69) is 26.6 Å². The number of nitriles is 1. The van der Waals surface area contributed by atoms with E-state index in [9.17, 15) is 0 Å². The van der Waals surface area contributed by atoms with Crippen LogP contribution in [0.15, 0.2) is 24.3 Å². The zero-order valence-corrected chi connectivity index (χ0v) is 11.0. The zero-order valence-electron chi connectivity index (χ0n) is 11.0. The number of para-hydroxylation sites is 2. The van der Waals surface area contributed by atoms with Gasteiger partial charge in [-0.15, -0.1) is 0 Å². The van der Waals surface area contributed by atoms with Gasteiger partial charge < -0.3 is 9.47 Å². The average Bonchev–Trinajstić information content (AvgIpc) is 3.04. The Kier molecular flexibility index (Phi) is 3.47. The maximum atomic E-state index is 8.94. The lowest BCUT2D eigenvalue weighted by atomic mass is 10.3. The SMILES string of the molecule is N#CCc1nc2ccccc2n1CCN1CCCC1. The summed E-state index contributed by atoms with van der Waals surface area (Å²) in [6.07, 6.45) is 3.01. The topological polar surface area (TPSA) is 44.9 Å². The second kappa shape index (κ2) is 5.41. The number of hydrogen-bond acceptors (Lipinski definition) is 3. The molecule has 4 nitrogen and oxygen atoms in total. The number of benzene rings is 1. The standard InChI is InChI=1S/C15H18N4/c16-8-7-15-17-13-5-1-2-6-14(13)19(15)12-11-18-9-3-4-10-18/h1-2,5-6H,3-4,7,9-12H2. The Balaban J connectivity index is 1.86. The maximum Gasteiger partial charge on any atom is 0.124 e. The van der Waals surface area contributed by atoms with Crippen LogP contribution in [0.4, 0.5) is 0 Å². The fraction of sp³-hybridized carbons (Fsp3) is 0.467. The maximum absolute atomic E-state index is 8.94. The van der Waals surface area contributed by atoms with E-state index in [1.54, 1.807) is 0 Å². The van der Waals surface area contributed by atoms with Gasteiger partial charge in [0.1, 0.15) is 5.82 Å². The molecular formula is C15H18N4. The van der Waals surface area contributed by atoms with Crippen molar-refractivity contribution in [1.82, 2.24) is 14.5 Å². The van der Waals surface area contributed by atoms with Crippen LogP contribution in [0.1, 0.15) is 18.7 Å². The first-order valence-corrected chi connectivity index (χ1v) is 6.92. The number of hydrogen-bond donors (Lipinski definition) is 0. The lowest BCUT2D eigenvalue weighted by molar-refractivity contribution is 0.323. The summed E-state index contributed by atoms with van der Waals surface area (Å²) in [6, 6.07) is 10.4. The molecule has 2 aromatic rings. The van der Waals surface area contributed by atoms with Crippen LogP contribution in [0.2, 0.25) is 0 Å². The van der Waals surface area contributed by atoms with E-state index >= 15 is 0 Å². The Morgan fingerprint density at radius 3 is 2.74 bits per heavy atom. The molecule has 1 aromatic carbocycles. The molecule has 1 aliphatic heterocycles. The number of nitrogens with zero attached hydrogens (tertiary/aromatic N) is 4. The van der Waals surface area contributed by atoms with Gasteiger partial charge in [-0.2, -0.15) is 5.26 Å². The zero-order chi connectivity index (χ0) is 13.1. The Morgan fingerprint density at radius 1 is 1.16 bits per heavy atom. The van der Waals surface area contributed by atoms with Crippen molar-refractivity contribution < 1.29 is 0 Å². The lowest BCUT2D eigenvalue weighted by Crippen LogP contribution is -2.24. The van der Waals surface area contributed by atoms with Gasteiger partial charge >= 0.3 is 0 Å². The van der Waals surface area contributed by atoms with E-state index in [1.807, 2.05) is 18.2 Å². The fourth-order valence-corrected chi connectivity index (χ4v) is 2.83. The van der Waals surface area contributed by atoms with Crippen molar-refractivity contribution in [2.24, 2.45) is 0 Å². The molecule has 0 bridgehead atoms. The van der Waals surface area contributed by atoms with Crippen molar-refractivity contribution in [1.29, 1.82) is 5.26 Å². The van der Waals surface area contributed by atoms with Crippen LogP contribution in [0, 0.1) is 11.3 Å². The Labute approximate surface area is 113 Å². The predicted molar refractivity (Wildman–Crippen MR) is 74.7 cm³/mol. The number of imidazole rings is 1. The summed E-state index contributed by atoms with van der Waals surface area (Å²) in [5.74, 6) is 0.892. The molecule has 19 heavy (non-hydrogen) atoms. The molecule has 98 valence electrons. The summed E-state index contributed by atoms with van der Waals surface area (Å²) in [7, 11) is 0. The van der Waals surface area contributed by atoms with Crippen LogP contribution >= 0.6 is 0 Å².